The molecule has 0 fully saturated rings. The van der Waals surface area contributed by atoms with E-state index in [1.807, 2.05) is 35.2 Å². The summed E-state index contributed by atoms with van der Waals surface area (Å²) in [5.74, 6) is 0.0809. The number of carbonyl (C=O) groups is 1. The van der Waals surface area contributed by atoms with Crippen LogP contribution in [-0.2, 0) is 0 Å². The molecular formula is C13H17NO. The normalized spacial score (nSPS) is 9.67. The molecule has 0 aliphatic rings. The maximum atomic E-state index is 12.0. The highest BCUT2D eigenvalue weighted by Crippen LogP contribution is 2.05. The fourth-order valence-corrected chi connectivity index (χ4v) is 1.46. The Morgan fingerprint density at radius 1 is 1.40 bits per heavy atom. The van der Waals surface area contributed by atoms with Crippen LogP contribution in [0.2, 0.25) is 0 Å². The van der Waals surface area contributed by atoms with Crippen LogP contribution in [0.15, 0.2) is 43.0 Å². The van der Waals surface area contributed by atoms with E-state index >= 15 is 0 Å². The molecule has 0 unspecified atom stereocenters. The topological polar surface area (TPSA) is 20.3 Å². The number of benzene rings is 1. The first-order chi connectivity index (χ1) is 7.29. The molecule has 0 aromatic heterocycles. The van der Waals surface area contributed by atoms with Gasteiger partial charge in [-0.15, -0.1) is 6.58 Å². The summed E-state index contributed by atoms with van der Waals surface area (Å²) in [5.41, 5.74) is 0.743. The standard InChI is InChI=1S/C13H17NO/c1-3-10-14(11-4-2)13(15)12-8-6-5-7-9-12/h3,5-9H,1,4,10-11H2,2H3. The second-order valence-electron chi connectivity index (χ2n) is 3.41. The van der Waals surface area contributed by atoms with E-state index in [0.29, 0.717) is 6.54 Å². The van der Waals surface area contributed by atoms with Gasteiger partial charge in [-0.3, -0.25) is 4.79 Å². The van der Waals surface area contributed by atoms with Gasteiger partial charge >= 0.3 is 0 Å². The van der Waals surface area contributed by atoms with Gasteiger partial charge in [0.05, 0.1) is 0 Å². The van der Waals surface area contributed by atoms with Crippen LogP contribution in [0.5, 0.6) is 0 Å². The van der Waals surface area contributed by atoms with E-state index in [4.69, 9.17) is 0 Å². The predicted octanol–water partition coefficient (Wildman–Crippen LogP) is 2.72. The summed E-state index contributed by atoms with van der Waals surface area (Å²) in [6.07, 6.45) is 2.73. The SMILES string of the molecule is C=CCN(CCC)C(=O)c1ccccc1. The van der Waals surface area contributed by atoms with Crippen molar-refractivity contribution >= 4 is 5.91 Å². The van der Waals surface area contributed by atoms with Gasteiger partial charge in [-0.2, -0.15) is 0 Å². The van der Waals surface area contributed by atoms with E-state index < -0.39 is 0 Å². The van der Waals surface area contributed by atoms with Crippen LogP contribution in [0.3, 0.4) is 0 Å². The highest BCUT2D eigenvalue weighted by Gasteiger charge is 2.12. The molecule has 80 valence electrons. The van der Waals surface area contributed by atoms with Gasteiger partial charge in [-0.1, -0.05) is 31.2 Å². The summed E-state index contributed by atoms with van der Waals surface area (Å²) in [6, 6.07) is 9.35. The Balaban J connectivity index is 2.76. The van der Waals surface area contributed by atoms with Gasteiger partial charge in [-0.05, 0) is 18.6 Å². The van der Waals surface area contributed by atoms with Gasteiger partial charge in [0.1, 0.15) is 0 Å². The van der Waals surface area contributed by atoms with Gasteiger partial charge in [0, 0.05) is 18.7 Å². The number of nitrogens with zero attached hydrogens (tertiary/aromatic N) is 1. The number of hydrogen-bond acceptors (Lipinski definition) is 1. The van der Waals surface area contributed by atoms with Crippen molar-refractivity contribution in [3.8, 4) is 0 Å². The Morgan fingerprint density at radius 2 is 2.07 bits per heavy atom. The zero-order valence-corrected chi connectivity index (χ0v) is 9.15. The molecule has 1 amide bonds. The fraction of sp³-hybridized carbons (Fsp3) is 0.308. The third-order valence-electron chi connectivity index (χ3n) is 2.15. The Kier molecular flexibility index (Phi) is 4.61. The zero-order valence-electron chi connectivity index (χ0n) is 9.15. The molecule has 15 heavy (non-hydrogen) atoms. The molecule has 0 heterocycles. The van der Waals surface area contributed by atoms with Crippen molar-refractivity contribution in [1.29, 1.82) is 0 Å². The fourth-order valence-electron chi connectivity index (χ4n) is 1.46. The van der Waals surface area contributed by atoms with Gasteiger partial charge in [0.25, 0.3) is 5.91 Å². The summed E-state index contributed by atoms with van der Waals surface area (Å²) < 4.78 is 0. The molecule has 0 radical (unpaired) electrons. The monoisotopic (exact) mass is 203 g/mol. The van der Waals surface area contributed by atoms with Crippen molar-refractivity contribution in [2.45, 2.75) is 13.3 Å². The summed E-state index contributed by atoms with van der Waals surface area (Å²) in [4.78, 5) is 13.8. The number of rotatable bonds is 5. The molecule has 0 N–H and O–H groups in total. The minimum atomic E-state index is 0.0809. The molecule has 1 rings (SSSR count). The molecule has 1 aromatic carbocycles. The molecule has 0 aliphatic carbocycles. The van der Waals surface area contributed by atoms with E-state index in [1.165, 1.54) is 0 Å². The lowest BCUT2D eigenvalue weighted by atomic mass is 10.2. The molecular weight excluding hydrogens is 186 g/mol. The van der Waals surface area contributed by atoms with Crippen molar-refractivity contribution < 1.29 is 4.79 Å². The molecule has 0 spiro atoms. The van der Waals surface area contributed by atoms with Gasteiger partial charge in [-0.25, -0.2) is 0 Å². The van der Waals surface area contributed by atoms with Crippen molar-refractivity contribution in [3.63, 3.8) is 0 Å². The van der Waals surface area contributed by atoms with E-state index in [2.05, 4.69) is 13.5 Å². The van der Waals surface area contributed by atoms with Crippen molar-refractivity contribution in [2.24, 2.45) is 0 Å². The van der Waals surface area contributed by atoms with Crippen LogP contribution in [0.25, 0.3) is 0 Å². The molecule has 1 aromatic rings. The van der Waals surface area contributed by atoms with E-state index in [9.17, 15) is 4.79 Å². The van der Waals surface area contributed by atoms with Crippen LogP contribution < -0.4 is 0 Å². The third-order valence-corrected chi connectivity index (χ3v) is 2.15. The predicted molar refractivity (Wildman–Crippen MR) is 62.8 cm³/mol. The van der Waals surface area contributed by atoms with E-state index in [0.717, 1.165) is 18.5 Å². The summed E-state index contributed by atoms with van der Waals surface area (Å²) in [5, 5.41) is 0. The Labute approximate surface area is 91.2 Å². The highest BCUT2D eigenvalue weighted by atomic mass is 16.2. The number of amides is 1. The first-order valence-corrected chi connectivity index (χ1v) is 5.24. The van der Waals surface area contributed by atoms with Gasteiger partial charge in [0.2, 0.25) is 0 Å². The average molecular weight is 203 g/mol. The zero-order chi connectivity index (χ0) is 11.1. The van der Waals surface area contributed by atoms with E-state index in [1.54, 1.807) is 6.08 Å². The Bertz CT molecular complexity index is 319. The molecule has 2 nitrogen and oxygen atoms in total. The quantitative estimate of drug-likeness (QED) is 0.674. The molecule has 0 atom stereocenters. The first-order valence-electron chi connectivity index (χ1n) is 5.24. The Hall–Kier alpha value is -1.57. The minimum Gasteiger partial charge on any atom is -0.335 e. The van der Waals surface area contributed by atoms with Crippen LogP contribution in [0.1, 0.15) is 23.7 Å². The molecule has 0 aliphatic heterocycles. The van der Waals surface area contributed by atoms with E-state index in [-0.39, 0.29) is 5.91 Å². The summed E-state index contributed by atoms with van der Waals surface area (Å²) in [6.45, 7) is 7.12. The van der Waals surface area contributed by atoms with Crippen LogP contribution in [-0.4, -0.2) is 23.9 Å². The summed E-state index contributed by atoms with van der Waals surface area (Å²) in [7, 11) is 0. The Morgan fingerprint density at radius 3 is 2.60 bits per heavy atom. The minimum absolute atomic E-state index is 0.0809. The van der Waals surface area contributed by atoms with Crippen LogP contribution >= 0.6 is 0 Å². The number of carbonyl (C=O) groups excluding carboxylic acids is 1. The maximum absolute atomic E-state index is 12.0. The van der Waals surface area contributed by atoms with Crippen molar-refractivity contribution in [2.75, 3.05) is 13.1 Å². The lowest BCUT2D eigenvalue weighted by Gasteiger charge is -2.20. The maximum Gasteiger partial charge on any atom is 0.254 e. The van der Waals surface area contributed by atoms with Crippen molar-refractivity contribution in [3.05, 3.63) is 48.6 Å². The molecule has 0 bridgehead atoms. The highest BCUT2D eigenvalue weighted by molar-refractivity contribution is 5.94. The molecule has 0 saturated carbocycles. The van der Waals surface area contributed by atoms with Crippen LogP contribution in [0.4, 0.5) is 0 Å². The van der Waals surface area contributed by atoms with Crippen LogP contribution in [0, 0.1) is 0 Å². The first kappa shape index (κ1) is 11.5. The van der Waals surface area contributed by atoms with Crippen molar-refractivity contribution in [1.82, 2.24) is 4.90 Å². The molecule has 2 heteroatoms. The number of hydrogen-bond donors (Lipinski definition) is 0. The second-order valence-corrected chi connectivity index (χ2v) is 3.41. The van der Waals surface area contributed by atoms with Gasteiger partial charge in [0.15, 0.2) is 0 Å². The second kappa shape index (κ2) is 6.02. The molecule has 0 saturated heterocycles. The third kappa shape index (κ3) is 3.24. The average Bonchev–Trinajstić information content (AvgIpc) is 2.29. The largest absolute Gasteiger partial charge is 0.335 e. The van der Waals surface area contributed by atoms with Gasteiger partial charge < -0.3 is 4.90 Å². The smallest absolute Gasteiger partial charge is 0.254 e. The lowest BCUT2D eigenvalue weighted by Crippen LogP contribution is -2.31. The lowest BCUT2D eigenvalue weighted by molar-refractivity contribution is 0.0774. The summed E-state index contributed by atoms with van der Waals surface area (Å²) >= 11 is 0.